The van der Waals surface area contributed by atoms with Gasteiger partial charge in [-0.25, -0.2) is 4.79 Å². The van der Waals surface area contributed by atoms with Crippen LogP contribution in [0.5, 0.6) is 0 Å². The van der Waals surface area contributed by atoms with E-state index in [-0.39, 0.29) is 24.4 Å². The van der Waals surface area contributed by atoms with Crippen LogP contribution in [0.25, 0.3) is 0 Å². The lowest BCUT2D eigenvalue weighted by Gasteiger charge is -2.22. The molecule has 3 amide bonds. The van der Waals surface area contributed by atoms with E-state index in [1.54, 1.807) is 12.1 Å². The van der Waals surface area contributed by atoms with Crippen molar-refractivity contribution in [1.82, 2.24) is 10.6 Å². The highest BCUT2D eigenvalue weighted by molar-refractivity contribution is 5.90. The number of carboxylic acid groups (broad SMARTS) is 1. The minimum absolute atomic E-state index is 0.0903. The Balaban J connectivity index is 1.58. The molecule has 27 heavy (non-hydrogen) atoms. The zero-order valence-electron chi connectivity index (χ0n) is 15.6. The third kappa shape index (κ3) is 8.57. The quantitative estimate of drug-likeness (QED) is 0.498. The fourth-order valence-corrected chi connectivity index (χ4v) is 3.16. The van der Waals surface area contributed by atoms with Crippen LogP contribution in [0.3, 0.4) is 0 Å². The number of amides is 3. The van der Waals surface area contributed by atoms with Crippen molar-refractivity contribution in [3.8, 4) is 0 Å². The molecule has 0 radical (unpaired) electrons. The molecule has 7 nitrogen and oxygen atoms in total. The standard InChI is InChI=1S/C20H29N3O4/c24-18(22-17-11-8-15(9-12-17)10-13-19(25)26)7-4-14-21-20(27)23-16-5-2-1-3-6-16/h8-9,11-12,16H,1-7,10,13-14H2,(H,22,24)(H,25,26)(H2,21,23,27). The largest absolute Gasteiger partial charge is 0.481 e. The van der Waals surface area contributed by atoms with Crippen LogP contribution in [0.4, 0.5) is 10.5 Å². The van der Waals surface area contributed by atoms with Crippen LogP contribution in [0.15, 0.2) is 24.3 Å². The van der Waals surface area contributed by atoms with Crippen LogP contribution in [0, 0.1) is 0 Å². The molecule has 7 heteroatoms. The van der Waals surface area contributed by atoms with Crippen LogP contribution in [-0.2, 0) is 16.0 Å². The molecule has 0 atom stereocenters. The number of carboxylic acids is 1. The number of carbonyl (C=O) groups is 3. The smallest absolute Gasteiger partial charge is 0.315 e. The molecule has 0 saturated heterocycles. The van der Waals surface area contributed by atoms with E-state index < -0.39 is 5.97 Å². The summed E-state index contributed by atoms with van der Waals surface area (Å²) in [5.41, 5.74) is 1.60. The summed E-state index contributed by atoms with van der Waals surface area (Å²) in [6, 6.07) is 7.29. The van der Waals surface area contributed by atoms with E-state index in [0.717, 1.165) is 18.4 Å². The number of aliphatic carboxylic acids is 1. The summed E-state index contributed by atoms with van der Waals surface area (Å²) in [7, 11) is 0. The van der Waals surface area contributed by atoms with Crippen molar-refractivity contribution in [1.29, 1.82) is 0 Å². The Morgan fingerprint density at radius 1 is 1.00 bits per heavy atom. The lowest BCUT2D eigenvalue weighted by molar-refractivity contribution is -0.137. The Bertz CT molecular complexity index is 625. The van der Waals surface area contributed by atoms with E-state index in [4.69, 9.17) is 5.11 Å². The fraction of sp³-hybridized carbons (Fsp3) is 0.550. The maximum atomic E-state index is 12.0. The molecule has 0 aromatic heterocycles. The molecule has 0 spiro atoms. The van der Waals surface area contributed by atoms with Crippen molar-refractivity contribution >= 4 is 23.6 Å². The van der Waals surface area contributed by atoms with E-state index in [1.165, 1.54) is 19.3 Å². The zero-order valence-corrected chi connectivity index (χ0v) is 15.6. The Kier molecular flexibility index (Phi) is 8.61. The second-order valence-electron chi connectivity index (χ2n) is 6.98. The summed E-state index contributed by atoms with van der Waals surface area (Å²) in [4.78, 5) is 34.3. The van der Waals surface area contributed by atoms with Gasteiger partial charge in [-0.05, 0) is 43.4 Å². The number of aryl methyl sites for hydroxylation is 1. The average molecular weight is 375 g/mol. The maximum absolute atomic E-state index is 12.0. The molecule has 1 aliphatic rings. The predicted octanol–water partition coefficient (Wildman–Crippen LogP) is 3.05. The molecule has 0 bridgehead atoms. The van der Waals surface area contributed by atoms with Gasteiger partial charge in [0.1, 0.15) is 0 Å². The highest BCUT2D eigenvalue weighted by Crippen LogP contribution is 2.17. The van der Waals surface area contributed by atoms with Crippen LogP contribution >= 0.6 is 0 Å². The lowest BCUT2D eigenvalue weighted by Crippen LogP contribution is -2.43. The Morgan fingerprint density at radius 3 is 2.37 bits per heavy atom. The third-order valence-electron chi connectivity index (χ3n) is 4.67. The fourth-order valence-electron chi connectivity index (χ4n) is 3.16. The molecule has 148 valence electrons. The molecular formula is C20H29N3O4. The topological polar surface area (TPSA) is 108 Å². The van der Waals surface area contributed by atoms with Gasteiger partial charge in [0.05, 0.1) is 0 Å². The van der Waals surface area contributed by atoms with Crippen molar-refractivity contribution < 1.29 is 19.5 Å². The van der Waals surface area contributed by atoms with E-state index in [1.807, 2.05) is 12.1 Å². The molecule has 0 aliphatic heterocycles. The number of hydrogen-bond acceptors (Lipinski definition) is 3. The molecule has 1 aliphatic carbocycles. The Labute approximate surface area is 159 Å². The van der Waals surface area contributed by atoms with Gasteiger partial charge < -0.3 is 21.1 Å². The second-order valence-corrected chi connectivity index (χ2v) is 6.98. The monoisotopic (exact) mass is 375 g/mol. The second kappa shape index (κ2) is 11.2. The first-order chi connectivity index (χ1) is 13.0. The summed E-state index contributed by atoms with van der Waals surface area (Å²) in [5, 5.41) is 17.3. The van der Waals surface area contributed by atoms with Crippen LogP contribution < -0.4 is 16.0 Å². The molecular weight excluding hydrogens is 346 g/mol. The third-order valence-corrected chi connectivity index (χ3v) is 4.67. The minimum atomic E-state index is -0.826. The number of hydrogen-bond donors (Lipinski definition) is 4. The van der Waals surface area contributed by atoms with Gasteiger partial charge in [-0.3, -0.25) is 9.59 Å². The molecule has 2 rings (SSSR count). The van der Waals surface area contributed by atoms with Crippen molar-refractivity contribution in [3.63, 3.8) is 0 Å². The van der Waals surface area contributed by atoms with Gasteiger partial charge in [-0.15, -0.1) is 0 Å². The van der Waals surface area contributed by atoms with Crippen molar-refractivity contribution in [2.24, 2.45) is 0 Å². The van der Waals surface area contributed by atoms with Crippen LogP contribution in [0.2, 0.25) is 0 Å². The highest BCUT2D eigenvalue weighted by atomic mass is 16.4. The van der Waals surface area contributed by atoms with Gasteiger partial charge in [0, 0.05) is 31.1 Å². The molecule has 1 fully saturated rings. The van der Waals surface area contributed by atoms with Gasteiger partial charge in [0.15, 0.2) is 0 Å². The molecule has 1 aromatic carbocycles. The van der Waals surface area contributed by atoms with Crippen LogP contribution in [0.1, 0.15) is 56.9 Å². The van der Waals surface area contributed by atoms with Gasteiger partial charge in [0.2, 0.25) is 5.91 Å². The van der Waals surface area contributed by atoms with E-state index >= 15 is 0 Å². The van der Waals surface area contributed by atoms with E-state index in [2.05, 4.69) is 16.0 Å². The lowest BCUT2D eigenvalue weighted by atomic mass is 9.96. The number of rotatable bonds is 9. The number of nitrogens with one attached hydrogen (secondary N) is 3. The molecule has 4 N–H and O–H groups in total. The summed E-state index contributed by atoms with van der Waals surface area (Å²) in [5.74, 6) is -0.934. The minimum Gasteiger partial charge on any atom is -0.481 e. The number of carbonyl (C=O) groups excluding carboxylic acids is 2. The highest BCUT2D eigenvalue weighted by Gasteiger charge is 2.15. The van der Waals surface area contributed by atoms with Gasteiger partial charge in [-0.2, -0.15) is 0 Å². The Morgan fingerprint density at radius 2 is 1.70 bits per heavy atom. The summed E-state index contributed by atoms with van der Waals surface area (Å²) in [6.07, 6.45) is 7.14. The molecule has 0 unspecified atom stereocenters. The van der Waals surface area contributed by atoms with Crippen LogP contribution in [-0.4, -0.2) is 35.6 Å². The normalized spacial score (nSPS) is 14.4. The SMILES string of the molecule is O=C(O)CCc1ccc(NC(=O)CCCNC(=O)NC2CCCCC2)cc1. The van der Waals surface area contributed by atoms with Gasteiger partial charge in [0.25, 0.3) is 0 Å². The Hall–Kier alpha value is -2.57. The molecule has 1 saturated carbocycles. The zero-order chi connectivity index (χ0) is 19.5. The summed E-state index contributed by atoms with van der Waals surface area (Å²) < 4.78 is 0. The number of urea groups is 1. The van der Waals surface area contributed by atoms with Crippen molar-refractivity contribution in [3.05, 3.63) is 29.8 Å². The number of benzene rings is 1. The molecule has 0 heterocycles. The number of anilines is 1. The van der Waals surface area contributed by atoms with E-state index in [0.29, 0.717) is 31.5 Å². The van der Waals surface area contributed by atoms with Gasteiger partial charge in [-0.1, -0.05) is 31.4 Å². The first kappa shape index (κ1) is 20.7. The predicted molar refractivity (Wildman–Crippen MR) is 104 cm³/mol. The first-order valence-corrected chi connectivity index (χ1v) is 9.68. The van der Waals surface area contributed by atoms with E-state index in [9.17, 15) is 14.4 Å². The summed E-state index contributed by atoms with van der Waals surface area (Å²) >= 11 is 0. The van der Waals surface area contributed by atoms with Crippen molar-refractivity contribution in [2.75, 3.05) is 11.9 Å². The summed E-state index contributed by atoms with van der Waals surface area (Å²) in [6.45, 7) is 0.458. The maximum Gasteiger partial charge on any atom is 0.315 e. The van der Waals surface area contributed by atoms with Gasteiger partial charge >= 0.3 is 12.0 Å². The average Bonchev–Trinajstić information content (AvgIpc) is 2.65. The first-order valence-electron chi connectivity index (χ1n) is 9.68. The van der Waals surface area contributed by atoms with Crippen molar-refractivity contribution in [2.45, 2.75) is 63.8 Å². The molecule has 1 aromatic rings.